The second kappa shape index (κ2) is 3.89. The third-order valence-electron chi connectivity index (χ3n) is 3.28. The average molecular weight is 230 g/mol. The minimum absolute atomic E-state index is 0.105. The Bertz CT molecular complexity index is 557. The normalized spacial score (nSPS) is 15.8. The molecule has 1 aromatic heterocycles. The minimum atomic E-state index is 0.105. The summed E-state index contributed by atoms with van der Waals surface area (Å²) in [5.41, 5.74) is 1.66. The van der Waals surface area contributed by atoms with Gasteiger partial charge >= 0.3 is 0 Å². The zero-order valence-electron chi connectivity index (χ0n) is 9.64. The van der Waals surface area contributed by atoms with Crippen molar-refractivity contribution in [1.82, 2.24) is 5.32 Å². The van der Waals surface area contributed by atoms with Gasteiger partial charge in [-0.25, -0.2) is 0 Å². The first-order valence-corrected chi connectivity index (χ1v) is 5.72. The molecule has 0 radical (unpaired) electrons. The van der Waals surface area contributed by atoms with Crippen molar-refractivity contribution in [2.45, 2.75) is 0 Å². The molecule has 88 valence electrons. The molecule has 1 amide bonds. The van der Waals surface area contributed by atoms with Crippen molar-refractivity contribution in [2.24, 2.45) is 5.92 Å². The monoisotopic (exact) mass is 230 g/mol. The van der Waals surface area contributed by atoms with E-state index in [1.165, 1.54) is 0 Å². The Morgan fingerprint density at radius 1 is 1.41 bits per heavy atom. The van der Waals surface area contributed by atoms with Gasteiger partial charge in [0, 0.05) is 25.5 Å². The third kappa shape index (κ3) is 1.61. The summed E-state index contributed by atoms with van der Waals surface area (Å²) in [6.45, 7) is 1.55. The number of hydrogen-bond donors (Lipinski definition) is 1. The Labute approximate surface area is 99.2 Å². The van der Waals surface area contributed by atoms with Crippen molar-refractivity contribution in [3.63, 3.8) is 0 Å². The molecule has 4 heteroatoms. The van der Waals surface area contributed by atoms with E-state index in [2.05, 4.69) is 5.32 Å². The number of nitrogens with one attached hydrogen (secondary N) is 1. The highest BCUT2D eigenvalue weighted by atomic mass is 16.3. The maximum Gasteiger partial charge on any atom is 0.232 e. The molecular formula is C13H14N2O2. The smallest absolute Gasteiger partial charge is 0.232 e. The van der Waals surface area contributed by atoms with E-state index in [4.69, 9.17) is 4.42 Å². The molecule has 2 aromatic rings. The summed E-state index contributed by atoms with van der Waals surface area (Å²) >= 11 is 0. The van der Waals surface area contributed by atoms with Gasteiger partial charge in [0.2, 0.25) is 5.91 Å². The van der Waals surface area contributed by atoms with Gasteiger partial charge in [-0.2, -0.15) is 0 Å². The van der Waals surface area contributed by atoms with Crippen molar-refractivity contribution in [1.29, 1.82) is 0 Å². The van der Waals surface area contributed by atoms with Crippen molar-refractivity contribution in [2.75, 3.05) is 25.0 Å². The summed E-state index contributed by atoms with van der Waals surface area (Å²) in [6, 6.07) is 7.75. The molecule has 0 unspecified atom stereocenters. The maximum atomic E-state index is 12.1. The zero-order valence-corrected chi connectivity index (χ0v) is 9.64. The Hall–Kier alpha value is -1.81. The molecule has 1 aromatic carbocycles. The van der Waals surface area contributed by atoms with Gasteiger partial charge in [0.15, 0.2) is 0 Å². The van der Waals surface area contributed by atoms with Crippen molar-refractivity contribution >= 4 is 22.6 Å². The predicted molar refractivity (Wildman–Crippen MR) is 66.0 cm³/mol. The van der Waals surface area contributed by atoms with Gasteiger partial charge in [-0.3, -0.25) is 4.79 Å². The zero-order chi connectivity index (χ0) is 11.8. The standard InChI is InChI=1S/C13H14N2O2/c1-15(13(16)9-6-14-7-9)11-8-17-12-5-3-2-4-10(11)12/h2-5,8-9,14H,6-7H2,1H3. The van der Waals surface area contributed by atoms with Crippen molar-refractivity contribution in [3.8, 4) is 0 Å². The molecule has 0 spiro atoms. The Morgan fingerprint density at radius 2 is 2.18 bits per heavy atom. The van der Waals surface area contributed by atoms with E-state index >= 15 is 0 Å². The van der Waals surface area contributed by atoms with E-state index in [1.807, 2.05) is 24.3 Å². The molecule has 2 heterocycles. The van der Waals surface area contributed by atoms with Gasteiger partial charge in [-0.15, -0.1) is 0 Å². The van der Waals surface area contributed by atoms with Crippen LogP contribution in [0.15, 0.2) is 34.9 Å². The van der Waals surface area contributed by atoms with E-state index in [-0.39, 0.29) is 11.8 Å². The molecular weight excluding hydrogens is 216 g/mol. The topological polar surface area (TPSA) is 45.5 Å². The molecule has 3 rings (SSSR count). The van der Waals surface area contributed by atoms with Crippen LogP contribution in [-0.4, -0.2) is 26.0 Å². The quantitative estimate of drug-likeness (QED) is 0.852. The lowest BCUT2D eigenvalue weighted by Crippen LogP contribution is -2.51. The summed E-state index contributed by atoms with van der Waals surface area (Å²) in [4.78, 5) is 13.8. The molecule has 1 aliphatic heterocycles. The van der Waals surface area contributed by atoms with Crippen molar-refractivity contribution < 1.29 is 9.21 Å². The number of fused-ring (bicyclic) bond motifs is 1. The maximum absolute atomic E-state index is 12.1. The Kier molecular flexibility index (Phi) is 2.37. The van der Waals surface area contributed by atoms with E-state index in [9.17, 15) is 4.79 Å². The van der Waals surface area contributed by atoms with Crippen LogP contribution >= 0.6 is 0 Å². The molecule has 0 atom stereocenters. The van der Waals surface area contributed by atoms with Crippen LogP contribution in [0.4, 0.5) is 5.69 Å². The molecule has 0 aliphatic carbocycles. The average Bonchev–Trinajstić information content (AvgIpc) is 2.69. The fraction of sp³-hybridized carbons (Fsp3) is 0.308. The summed E-state index contributed by atoms with van der Waals surface area (Å²) in [5, 5.41) is 4.09. The summed E-state index contributed by atoms with van der Waals surface area (Å²) in [5.74, 6) is 0.254. The second-order valence-electron chi connectivity index (χ2n) is 4.37. The first-order chi connectivity index (χ1) is 8.27. The highest BCUT2D eigenvalue weighted by molar-refractivity contribution is 6.03. The molecule has 1 N–H and O–H groups in total. The van der Waals surface area contributed by atoms with Crippen LogP contribution in [0, 0.1) is 5.92 Å². The lowest BCUT2D eigenvalue weighted by atomic mass is 10.0. The predicted octanol–water partition coefficient (Wildman–Crippen LogP) is 1.61. The molecule has 1 aliphatic rings. The Balaban J connectivity index is 1.94. The van der Waals surface area contributed by atoms with Crippen LogP contribution in [0.1, 0.15) is 0 Å². The number of anilines is 1. The first kappa shape index (κ1) is 10.4. The van der Waals surface area contributed by atoms with Crippen molar-refractivity contribution in [3.05, 3.63) is 30.5 Å². The number of amides is 1. The highest BCUT2D eigenvalue weighted by Crippen LogP contribution is 2.29. The molecule has 0 saturated carbocycles. The van der Waals surface area contributed by atoms with Gasteiger partial charge in [0.05, 0.1) is 11.6 Å². The third-order valence-corrected chi connectivity index (χ3v) is 3.28. The van der Waals surface area contributed by atoms with Gasteiger partial charge in [-0.05, 0) is 12.1 Å². The molecule has 1 saturated heterocycles. The van der Waals surface area contributed by atoms with Crippen LogP contribution in [0.3, 0.4) is 0 Å². The van der Waals surface area contributed by atoms with E-state index < -0.39 is 0 Å². The summed E-state index contributed by atoms with van der Waals surface area (Å²) in [7, 11) is 1.80. The number of furan rings is 1. The summed E-state index contributed by atoms with van der Waals surface area (Å²) < 4.78 is 5.44. The summed E-state index contributed by atoms with van der Waals surface area (Å²) in [6.07, 6.45) is 1.65. The molecule has 17 heavy (non-hydrogen) atoms. The number of para-hydroxylation sites is 1. The lowest BCUT2D eigenvalue weighted by Gasteiger charge is -2.29. The second-order valence-corrected chi connectivity index (χ2v) is 4.37. The van der Waals surface area contributed by atoms with E-state index in [0.717, 1.165) is 29.7 Å². The fourth-order valence-electron chi connectivity index (χ4n) is 2.08. The number of nitrogens with zero attached hydrogens (tertiary/aromatic N) is 1. The van der Waals surface area contributed by atoms with Crippen LogP contribution in [0.5, 0.6) is 0 Å². The number of carbonyl (C=O) groups is 1. The number of benzene rings is 1. The van der Waals surface area contributed by atoms with Gasteiger partial charge in [-0.1, -0.05) is 12.1 Å². The van der Waals surface area contributed by atoms with Gasteiger partial charge < -0.3 is 14.6 Å². The number of hydrogen-bond acceptors (Lipinski definition) is 3. The Morgan fingerprint density at radius 3 is 2.88 bits per heavy atom. The lowest BCUT2D eigenvalue weighted by molar-refractivity contribution is -0.123. The SMILES string of the molecule is CN(C(=O)C1CNC1)c1coc2ccccc12. The van der Waals surface area contributed by atoms with Crippen LogP contribution in [0.25, 0.3) is 11.0 Å². The molecule has 4 nitrogen and oxygen atoms in total. The number of rotatable bonds is 2. The van der Waals surface area contributed by atoms with Crippen LogP contribution < -0.4 is 10.2 Å². The van der Waals surface area contributed by atoms with E-state index in [0.29, 0.717) is 0 Å². The van der Waals surface area contributed by atoms with Crippen LogP contribution in [0.2, 0.25) is 0 Å². The molecule has 0 bridgehead atoms. The number of carbonyl (C=O) groups excluding carboxylic acids is 1. The fourth-order valence-corrected chi connectivity index (χ4v) is 2.08. The molecule has 1 fully saturated rings. The van der Waals surface area contributed by atoms with E-state index in [1.54, 1.807) is 18.2 Å². The highest BCUT2D eigenvalue weighted by Gasteiger charge is 2.29. The first-order valence-electron chi connectivity index (χ1n) is 5.72. The van der Waals surface area contributed by atoms with Crippen LogP contribution in [-0.2, 0) is 4.79 Å². The minimum Gasteiger partial charge on any atom is -0.462 e. The largest absolute Gasteiger partial charge is 0.462 e. The van der Waals surface area contributed by atoms with Gasteiger partial charge in [0.1, 0.15) is 11.8 Å². The van der Waals surface area contributed by atoms with Gasteiger partial charge in [0.25, 0.3) is 0 Å².